The van der Waals surface area contributed by atoms with Crippen LogP contribution in [-0.4, -0.2) is 33.4 Å². The number of halogens is 1. The van der Waals surface area contributed by atoms with Crippen LogP contribution in [-0.2, 0) is 11.3 Å². The molecule has 5 rings (SSSR count). The standard InChI is InChI=1S/C22H20ClN3O2/c23-17-8-7-15-9-11-25(19(15)12-17)14-21(27)26-10-3-4-16(13-26)22-24-18-5-1-2-6-20(18)28-22/h1-2,5-9,11-12,16H,3-4,10,13-14H2. The summed E-state index contributed by atoms with van der Waals surface area (Å²) in [6.07, 6.45) is 3.88. The van der Waals surface area contributed by atoms with Gasteiger partial charge in [-0.05, 0) is 48.6 Å². The SMILES string of the molecule is O=C(Cn1ccc2ccc(Cl)cc21)N1CCCC(c2nc3ccccc3o2)C1. The molecule has 1 fully saturated rings. The quantitative estimate of drug-likeness (QED) is 0.500. The first-order valence-electron chi connectivity index (χ1n) is 9.55. The van der Waals surface area contributed by atoms with Crippen LogP contribution in [0.25, 0.3) is 22.0 Å². The molecule has 0 radical (unpaired) electrons. The first-order valence-corrected chi connectivity index (χ1v) is 9.93. The Balaban J connectivity index is 1.34. The second-order valence-corrected chi connectivity index (χ2v) is 7.78. The van der Waals surface area contributed by atoms with E-state index in [1.807, 2.05) is 64.2 Å². The molecular formula is C22H20ClN3O2. The highest BCUT2D eigenvalue weighted by atomic mass is 35.5. The van der Waals surface area contributed by atoms with Gasteiger partial charge in [-0.1, -0.05) is 29.8 Å². The number of para-hydroxylation sites is 2. The lowest BCUT2D eigenvalue weighted by Crippen LogP contribution is -2.40. The summed E-state index contributed by atoms with van der Waals surface area (Å²) < 4.78 is 7.91. The summed E-state index contributed by atoms with van der Waals surface area (Å²) in [6, 6.07) is 15.5. The highest BCUT2D eigenvalue weighted by molar-refractivity contribution is 6.31. The molecule has 2 aromatic heterocycles. The molecule has 0 N–H and O–H groups in total. The lowest BCUT2D eigenvalue weighted by molar-refractivity contribution is -0.133. The van der Waals surface area contributed by atoms with Crippen LogP contribution in [0.15, 0.2) is 59.1 Å². The van der Waals surface area contributed by atoms with Crippen molar-refractivity contribution in [2.45, 2.75) is 25.3 Å². The summed E-state index contributed by atoms with van der Waals surface area (Å²) in [5.74, 6) is 0.983. The lowest BCUT2D eigenvalue weighted by atomic mass is 9.98. The third kappa shape index (κ3) is 3.16. The van der Waals surface area contributed by atoms with Crippen LogP contribution in [0.2, 0.25) is 5.02 Å². The molecule has 0 saturated carbocycles. The van der Waals surface area contributed by atoms with Crippen LogP contribution in [0.4, 0.5) is 0 Å². The van der Waals surface area contributed by atoms with Crippen molar-refractivity contribution in [3.05, 3.63) is 65.6 Å². The minimum Gasteiger partial charge on any atom is -0.440 e. The Hall–Kier alpha value is -2.79. The number of benzene rings is 2. The third-order valence-electron chi connectivity index (χ3n) is 5.48. The fourth-order valence-corrected chi connectivity index (χ4v) is 4.18. The van der Waals surface area contributed by atoms with E-state index in [1.54, 1.807) is 0 Å². The lowest BCUT2D eigenvalue weighted by Gasteiger charge is -2.31. The van der Waals surface area contributed by atoms with Gasteiger partial charge in [0.2, 0.25) is 5.91 Å². The minimum absolute atomic E-state index is 0.110. The van der Waals surface area contributed by atoms with E-state index in [0.29, 0.717) is 18.1 Å². The number of amides is 1. The zero-order valence-electron chi connectivity index (χ0n) is 15.3. The molecule has 1 aliphatic rings. The number of likely N-dealkylation sites (tertiary alicyclic amines) is 1. The van der Waals surface area contributed by atoms with E-state index in [2.05, 4.69) is 4.98 Å². The molecule has 1 aliphatic heterocycles. The fourth-order valence-electron chi connectivity index (χ4n) is 4.01. The maximum atomic E-state index is 13.0. The summed E-state index contributed by atoms with van der Waals surface area (Å²) >= 11 is 6.13. The van der Waals surface area contributed by atoms with Crippen molar-refractivity contribution in [3.8, 4) is 0 Å². The topological polar surface area (TPSA) is 51.3 Å². The predicted octanol–water partition coefficient (Wildman–Crippen LogP) is 4.84. The molecule has 2 aromatic carbocycles. The van der Waals surface area contributed by atoms with Crippen LogP contribution in [0.1, 0.15) is 24.7 Å². The molecule has 142 valence electrons. The van der Waals surface area contributed by atoms with Crippen LogP contribution >= 0.6 is 11.6 Å². The number of oxazole rings is 1. The predicted molar refractivity (Wildman–Crippen MR) is 110 cm³/mol. The molecular weight excluding hydrogens is 374 g/mol. The molecule has 4 aromatic rings. The number of hydrogen-bond acceptors (Lipinski definition) is 3. The van der Waals surface area contributed by atoms with Crippen LogP contribution < -0.4 is 0 Å². The molecule has 28 heavy (non-hydrogen) atoms. The summed E-state index contributed by atoms with van der Waals surface area (Å²) in [5.41, 5.74) is 2.65. The largest absolute Gasteiger partial charge is 0.440 e. The highest BCUT2D eigenvalue weighted by Gasteiger charge is 2.28. The molecule has 0 aliphatic carbocycles. The Kier molecular flexibility index (Phi) is 4.32. The number of nitrogens with zero attached hydrogens (tertiary/aromatic N) is 3. The van der Waals surface area contributed by atoms with Crippen LogP contribution in [0, 0.1) is 0 Å². The fraction of sp³-hybridized carbons (Fsp3) is 0.273. The van der Waals surface area contributed by atoms with Crippen molar-refractivity contribution >= 4 is 39.5 Å². The van der Waals surface area contributed by atoms with Crippen LogP contribution in [0.5, 0.6) is 0 Å². The number of hydrogen-bond donors (Lipinski definition) is 0. The average molecular weight is 394 g/mol. The number of piperidine rings is 1. The van der Waals surface area contributed by atoms with Gasteiger partial charge < -0.3 is 13.9 Å². The Bertz CT molecular complexity index is 1130. The van der Waals surface area contributed by atoms with Crippen molar-refractivity contribution in [1.29, 1.82) is 0 Å². The van der Waals surface area contributed by atoms with Crippen LogP contribution in [0.3, 0.4) is 0 Å². The van der Waals surface area contributed by atoms with E-state index < -0.39 is 0 Å². The molecule has 3 heterocycles. The summed E-state index contributed by atoms with van der Waals surface area (Å²) in [4.78, 5) is 19.5. The number of carbonyl (C=O) groups excluding carboxylic acids is 1. The van der Waals surface area contributed by atoms with Gasteiger partial charge in [0.25, 0.3) is 0 Å². The van der Waals surface area contributed by atoms with Crippen molar-refractivity contribution in [3.63, 3.8) is 0 Å². The van der Waals surface area contributed by atoms with Gasteiger partial charge in [0.15, 0.2) is 11.5 Å². The molecule has 0 spiro atoms. The van der Waals surface area contributed by atoms with Gasteiger partial charge in [-0.25, -0.2) is 4.98 Å². The Morgan fingerprint density at radius 2 is 2.11 bits per heavy atom. The van der Waals surface area contributed by atoms with Crippen molar-refractivity contribution in [1.82, 2.24) is 14.5 Å². The van der Waals surface area contributed by atoms with Gasteiger partial charge in [-0.15, -0.1) is 0 Å². The number of rotatable bonds is 3. The van der Waals surface area contributed by atoms with E-state index in [9.17, 15) is 4.79 Å². The van der Waals surface area contributed by atoms with E-state index >= 15 is 0 Å². The third-order valence-corrected chi connectivity index (χ3v) is 5.71. The van der Waals surface area contributed by atoms with Crippen molar-refractivity contribution in [2.75, 3.05) is 13.1 Å². The minimum atomic E-state index is 0.110. The molecule has 5 nitrogen and oxygen atoms in total. The number of carbonyl (C=O) groups is 1. The molecule has 1 amide bonds. The van der Waals surface area contributed by atoms with E-state index in [4.69, 9.17) is 16.0 Å². The second-order valence-electron chi connectivity index (χ2n) is 7.35. The smallest absolute Gasteiger partial charge is 0.242 e. The van der Waals surface area contributed by atoms with Gasteiger partial charge >= 0.3 is 0 Å². The second kappa shape index (κ2) is 6.99. The first kappa shape index (κ1) is 17.3. The van der Waals surface area contributed by atoms with Gasteiger partial charge in [0.1, 0.15) is 12.1 Å². The summed E-state index contributed by atoms with van der Waals surface area (Å²) in [6.45, 7) is 1.73. The maximum absolute atomic E-state index is 13.0. The summed E-state index contributed by atoms with van der Waals surface area (Å²) in [7, 11) is 0. The molecule has 0 bridgehead atoms. The maximum Gasteiger partial charge on any atom is 0.242 e. The Morgan fingerprint density at radius 1 is 1.21 bits per heavy atom. The molecule has 1 saturated heterocycles. The van der Waals surface area contributed by atoms with Crippen molar-refractivity contribution in [2.24, 2.45) is 0 Å². The zero-order valence-corrected chi connectivity index (χ0v) is 16.1. The molecule has 1 unspecified atom stereocenters. The highest BCUT2D eigenvalue weighted by Crippen LogP contribution is 2.29. The van der Waals surface area contributed by atoms with E-state index in [1.165, 1.54) is 0 Å². The summed E-state index contributed by atoms with van der Waals surface area (Å²) in [5, 5.41) is 1.76. The number of aromatic nitrogens is 2. The molecule has 6 heteroatoms. The Morgan fingerprint density at radius 3 is 3.00 bits per heavy atom. The van der Waals surface area contributed by atoms with Gasteiger partial charge in [0, 0.05) is 29.8 Å². The normalized spacial score (nSPS) is 17.5. The van der Waals surface area contributed by atoms with Crippen molar-refractivity contribution < 1.29 is 9.21 Å². The zero-order chi connectivity index (χ0) is 19.1. The number of fused-ring (bicyclic) bond motifs is 2. The average Bonchev–Trinajstić information content (AvgIpc) is 3.32. The first-order chi connectivity index (χ1) is 13.7. The van der Waals surface area contributed by atoms with E-state index in [-0.39, 0.29) is 11.8 Å². The van der Waals surface area contributed by atoms with Gasteiger partial charge in [-0.3, -0.25) is 4.79 Å². The molecule has 1 atom stereocenters. The van der Waals surface area contributed by atoms with E-state index in [0.717, 1.165) is 47.3 Å². The Labute approximate surface area is 167 Å². The monoisotopic (exact) mass is 393 g/mol. The van der Waals surface area contributed by atoms with Gasteiger partial charge in [-0.2, -0.15) is 0 Å². The van der Waals surface area contributed by atoms with Gasteiger partial charge in [0.05, 0.1) is 5.92 Å².